The van der Waals surface area contributed by atoms with Crippen molar-refractivity contribution in [2.45, 2.75) is 12.0 Å². The number of ether oxygens (including phenoxy) is 1. The van der Waals surface area contributed by atoms with Gasteiger partial charge in [-0.25, -0.2) is 9.97 Å². The molecule has 2 rings (SSSR count). The molecule has 1 fully saturated rings. The Balaban J connectivity index is 2.08. The third kappa shape index (κ3) is 1.83. The summed E-state index contributed by atoms with van der Waals surface area (Å²) >= 11 is 0. The molecule has 1 aliphatic heterocycles. The van der Waals surface area contributed by atoms with Gasteiger partial charge in [0.1, 0.15) is 12.1 Å². The molecule has 2 heterocycles. The van der Waals surface area contributed by atoms with Crippen molar-refractivity contribution in [3.8, 4) is 0 Å². The molecule has 0 bridgehead atoms. The first-order valence-corrected chi connectivity index (χ1v) is 4.67. The minimum Gasteiger partial charge on any atom is -0.379 e. The number of nitrogens with one attached hydrogen (secondary N) is 1. The molecule has 0 amide bonds. The van der Waals surface area contributed by atoms with Gasteiger partial charge < -0.3 is 15.8 Å². The van der Waals surface area contributed by atoms with Crippen LogP contribution < -0.4 is 11.1 Å². The first kappa shape index (κ1) is 9.36. The van der Waals surface area contributed by atoms with E-state index in [-0.39, 0.29) is 5.54 Å². The van der Waals surface area contributed by atoms with E-state index < -0.39 is 0 Å². The second kappa shape index (κ2) is 3.89. The van der Waals surface area contributed by atoms with Gasteiger partial charge in [-0.1, -0.05) is 0 Å². The molecule has 1 aliphatic rings. The highest BCUT2D eigenvalue weighted by atomic mass is 16.5. The lowest BCUT2D eigenvalue weighted by Gasteiger charge is -2.27. The number of hydrogen-bond donors (Lipinski definition) is 2. The van der Waals surface area contributed by atoms with Crippen LogP contribution in [0.15, 0.2) is 18.6 Å². The molecule has 0 aromatic carbocycles. The molecule has 14 heavy (non-hydrogen) atoms. The minimum atomic E-state index is -0.144. The third-order valence-corrected chi connectivity index (χ3v) is 2.47. The second-order valence-corrected chi connectivity index (χ2v) is 3.51. The summed E-state index contributed by atoms with van der Waals surface area (Å²) in [6.07, 6.45) is 4.14. The molecule has 0 aliphatic carbocycles. The van der Waals surface area contributed by atoms with E-state index in [1.807, 2.05) is 6.07 Å². The highest BCUT2D eigenvalue weighted by molar-refractivity contribution is 5.36. The zero-order valence-electron chi connectivity index (χ0n) is 7.94. The summed E-state index contributed by atoms with van der Waals surface area (Å²) in [5.74, 6) is 0.802. The normalized spacial score (nSPS) is 26.4. The zero-order chi connectivity index (χ0) is 9.86. The molecule has 1 atom stereocenters. The Labute approximate surface area is 82.7 Å². The summed E-state index contributed by atoms with van der Waals surface area (Å²) in [4.78, 5) is 7.96. The molecule has 3 N–H and O–H groups in total. The molecule has 1 unspecified atom stereocenters. The van der Waals surface area contributed by atoms with E-state index in [4.69, 9.17) is 10.5 Å². The molecule has 5 nitrogen and oxygen atoms in total. The average Bonchev–Trinajstić information content (AvgIpc) is 2.69. The number of hydrogen-bond acceptors (Lipinski definition) is 5. The minimum absolute atomic E-state index is 0.144. The van der Waals surface area contributed by atoms with E-state index in [1.54, 1.807) is 6.20 Å². The highest BCUT2D eigenvalue weighted by Gasteiger charge is 2.33. The summed E-state index contributed by atoms with van der Waals surface area (Å²) in [7, 11) is 0. The van der Waals surface area contributed by atoms with Gasteiger partial charge in [0, 0.05) is 19.3 Å². The van der Waals surface area contributed by atoms with Crippen molar-refractivity contribution >= 4 is 5.82 Å². The van der Waals surface area contributed by atoms with Gasteiger partial charge in [0.2, 0.25) is 0 Å². The fourth-order valence-electron chi connectivity index (χ4n) is 1.55. The molecular formula is C9H14N4O. The van der Waals surface area contributed by atoms with E-state index in [0.717, 1.165) is 18.8 Å². The maximum atomic E-state index is 5.73. The zero-order valence-corrected chi connectivity index (χ0v) is 7.94. The van der Waals surface area contributed by atoms with Crippen molar-refractivity contribution < 1.29 is 4.74 Å². The van der Waals surface area contributed by atoms with E-state index >= 15 is 0 Å². The van der Waals surface area contributed by atoms with Crippen molar-refractivity contribution in [3.63, 3.8) is 0 Å². The first-order valence-electron chi connectivity index (χ1n) is 4.67. The maximum Gasteiger partial charge on any atom is 0.129 e. The SMILES string of the molecule is NCC1(Nc2ccncn2)CCOC1. The fraction of sp³-hybridized carbons (Fsp3) is 0.556. The van der Waals surface area contributed by atoms with Gasteiger partial charge in [-0.15, -0.1) is 0 Å². The van der Waals surface area contributed by atoms with Crippen LogP contribution in [0, 0.1) is 0 Å². The molecule has 1 aromatic heterocycles. The van der Waals surface area contributed by atoms with Gasteiger partial charge in [0.05, 0.1) is 12.1 Å². The Bertz CT molecular complexity index is 284. The molecule has 0 saturated carbocycles. The van der Waals surface area contributed by atoms with Gasteiger partial charge >= 0.3 is 0 Å². The quantitative estimate of drug-likeness (QED) is 0.709. The molecule has 76 valence electrons. The van der Waals surface area contributed by atoms with Crippen LogP contribution in [0.2, 0.25) is 0 Å². The van der Waals surface area contributed by atoms with Gasteiger partial charge in [0.25, 0.3) is 0 Å². The Kier molecular flexibility index (Phi) is 2.60. The number of nitrogens with zero attached hydrogens (tertiary/aromatic N) is 2. The molecule has 1 aromatic rings. The van der Waals surface area contributed by atoms with Crippen molar-refractivity contribution in [3.05, 3.63) is 18.6 Å². The van der Waals surface area contributed by atoms with Crippen molar-refractivity contribution in [2.75, 3.05) is 25.1 Å². The second-order valence-electron chi connectivity index (χ2n) is 3.51. The van der Waals surface area contributed by atoms with Gasteiger partial charge in [-0.2, -0.15) is 0 Å². The Morgan fingerprint density at radius 3 is 3.14 bits per heavy atom. The lowest BCUT2D eigenvalue weighted by atomic mass is 9.99. The van der Waals surface area contributed by atoms with Crippen LogP contribution in [-0.4, -0.2) is 35.3 Å². The van der Waals surface area contributed by atoms with E-state index in [9.17, 15) is 0 Å². The standard InChI is InChI=1S/C9H14N4O/c10-5-9(2-4-14-6-9)13-8-1-3-11-7-12-8/h1,3,7H,2,4-6,10H2,(H,11,12,13). The number of anilines is 1. The number of nitrogens with two attached hydrogens (primary N) is 1. The van der Waals surface area contributed by atoms with Crippen LogP contribution >= 0.6 is 0 Å². The smallest absolute Gasteiger partial charge is 0.129 e. The van der Waals surface area contributed by atoms with Gasteiger partial charge in [0.15, 0.2) is 0 Å². The fourth-order valence-corrected chi connectivity index (χ4v) is 1.55. The number of rotatable bonds is 3. The van der Waals surface area contributed by atoms with E-state index in [0.29, 0.717) is 13.2 Å². The van der Waals surface area contributed by atoms with Crippen LogP contribution in [0.3, 0.4) is 0 Å². The van der Waals surface area contributed by atoms with Crippen LogP contribution in [0.1, 0.15) is 6.42 Å². The van der Waals surface area contributed by atoms with E-state index in [1.165, 1.54) is 6.33 Å². The van der Waals surface area contributed by atoms with Crippen LogP contribution in [0.4, 0.5) is 5.82 Å². The summed E-state index contributed by atoms with van der Waals surface area (Å²) in [6, 6.07) is 1.83. The Morgan fingerprint density at radius 1 is 1.64 bits per heavy atom. The highest BCUT2D eigenvalue weighted by Crippen LogP contribution is 2.21. The largest absolute Gasteiger partial charge is 0.379 e. The van der Waals surface area contributed by atoms with Crippen molar-refractivity contribution in [1.82, 2.24) is 9.97 Å². The summed E-state index contributed by atoms with van der Waals surface area (Å²) in [6.45, 7) is 1.96. The topological polar surface area (TPSA) is 73.1 Å². The summed E-state index contributed by atoms with van der Waals surface area (Å²) in [5, 5.41) is 3.30. The first-order chi connectivity index (χ1) is 6.85. The monoisotopic (exact) mass is 194 g/mol. The van der Waals surface area contributed by atoms with Gasteiger partial charge in [-0.3, -0.25) is 0 Å². The van der Waals surface area contributed by atoms with Crippen LogP contribution in [-0.2, 0) is 4.74 Å². The Hall–Kier alpha value is -1.20. The third-order valence-electron chi connectivity index (χ3n) is 2.47. The summed E-state index contributed by atoms with van der Waals surface area (Å²) < 4.78 is 5.34. The van der Waals surface area contributed by atoms with Crippen molar-refractivity contribution in [2.24, 2.45) is 5.73 Å². The van der Waals surface area contributed by atoms with Crippen LogP contribution in [0.5, 0.6) is 0 Å². The maximum absolute atomic E-state index is 5.73. The van der Waals surface area contributed by atoms with E-state index in [2.05, 4.69) is 15.3 Å². The predicted molar refractivity (Wildman–Crippen MR) is 52.9 cm³/mol. The molecule has 0 radical (unpaired) electrons. The number of aromatic nitrogens is 2. The van der Waals surface area contributed by atoms with Crippen LogP contribution in [0.25, 0.3) is 0 Å². The van der Waals surface area contributed by atoms with Gasteiger partial charge in [-0.05, 0) is 12.5 Å². The average molecular weight is 194 g/mol. The molecular weight excluding hydrogens is 180 g/mol. The van der Waals surface area contributed by atoms with Crippen molar-refractivity contribution in [1.29, 1.82) is 0 Å². The molecule has 1 saturated heterocycles. The predicted octanol–water partition coefficient (Wildman–Crippen LogP) is 0.00630. The summed E-state index contributed by atoms with van der Waals surface area (Å²) in [5.41, 5.74) is 5.59. The molecule has 5 heteroatoms. The lowest BCUT2D eigenvalue weighted by Crippen LogP contribution is -2.46. The Morgan fingerprint density at radius 2 is 2.57 bits per heavy atom. The molecule has 0 spiro atoms. The lowest BCUT2D eigenvalue weighted by molar-refractivity contribution is 0.183.